The van der Waals surface area contributed by atoms with Crippen LogP contribution in [-0.4, -0.2) is 25.6 Å². The van der Waals surface area contributed by atoms with Crippen molar-refractivity contribution in [3.05, 3.63) is 44.8 Å². The van der Waals surface area contributed by atoms with Crippen molar-refractivity contribution in [1.29, 1.82) is 5.26 Å². The van der Waals surface area contributed by atoms with Crippen molar-refractivity contribution in [3.63, 3.8) is 0 Å². The molecule has 0 spiro atoms. The number of carbonyl (C=O) groups is 2. The summed E-state index contributed by atoms with van der Waals surface area (Å²) in [5.41, 5.74) is 1.02. The highest BCUT2D eigenvalue weighted by Gasteiger charge is 2.22. The Labute approximate surface area is 153 Å². The summed E-state index contributed by atoms with van der Waals surface area (Å²) in [5.74, 6) is -0.514. The molecule has 1 aromatic heterocycles. The minimum atomic E-state index is -0.519. The normalized spacial score (nSPS) is 10.0. The van der Waals surface area contributed by atoms with Crippen LogP contribution in [-0.2, 0) is 4.74 Å². The SMILES string of the molecule is CCOC(=O)c1sc(NC(=O)c2ccc(OC)c(Cl)c2)c(C#N)c1C. The Morgan fingerprint density at radius 1 is 1.40 bits per heavy atom. The summed E-state index contributed by atoms with van der Waals surface area (Å²) in [5, 5.41) is 12.6. The van der Waals surface area contributed by atoms with Gasteiger partial charge in [0.15, 0.2) is 0 Å². The quantitative estimate of drug-likeness (QED) is 0.794. The number of nitrogens with one attached hydrogen (secondary N) is 1. The van der Waals surface area contributed by atoms with Gasteiger partial charge in [0.1, 0.15) is 21.7 Å². The molecule has 0 unspecified atom stereocenters. The Balaban J connectivity index is 2.32. The predicted octanol–water partition coefficient (Wildman–Crippen LogP) is 4.02. The van der Waals surface area contributed by atoms with Gasteiger partial charge in [-0.05, 0) is 37.6 Å². The summed E-state index contributed by atoms with van der Waals surface area (Å²) in [7, 11) is 1.48. The number of halogens is 1. The van der Waals surface area contributed by atoms with E-state index in [1.165, 1.54) is 13.2 Å². The lowest BCUT2D eigenvalue weighted by atomic mass is 10.1. The van der Waals surface area contributed by atoms with Gasteiger partial charge in [-0.3, -0.25) is 4.79 Å². The monoisotopic (exact) mass is 378 g/mol. The van der Waals surface area contributed by atoms with E-state index in [4.69, 9.17) is 21.1 Å². The highest BCUT2D eigenvalue weighted by Crippen LogP contribution is 2.33. The van der Waals surface area contributed by atoms with Crippen LogP contribution in [0.2, 0.25) is 5.02 Å². The number of hydrogen-bond acceptors (Lipinski definition) is 6. The van der Waals surface area contributed by atoms with Crippen LogP contribution in [0.3, 0.4) is 0 Å². The number of esters is 1. The molecule has 0 radical (unpaired) electrons. The van der Waals surface area contributed by atoms with Gasteiger partial charge in [0.05, 0.1) is 24.3 Å². The van der Waals surface area contributed by atoms with Crippen molar-refractivity contribution in [3.8, 4) is 11.8 Å². The summed E-state index contributed by atoms with van der Waals surface area (Å²) in [6.45, 7) is 3.56. The number of benzene rings is 1. The van der Waals surface area contributed by atoms with E-state index >= 15 is 0 Å². The number of methoxy groups -OCH3 is 1. The Hall–Kier alpha value is -2.56. The fourth-order valence-corrected chi connectivity index (χ4v) is 3.41. The molecule has 0 aliphatic heterocycles. The van der Waals surface area contributed by atoms with Crippen LogP contribution < -0.4 is 10.1 Å². The summed E-state index contributed by atoms with van der Waals surface area (Å²) in [6.07, 6.45) is 0. The van der Waals surface area contributed by atoms with Gasteiger partial charge in [-0.15, -0.1) is 11.3 Å². The molecular formula is C17H15ClN2O4S. The number of carbonyl (C=O) groups excluding carboxylic acids is 2. The summed E-state index contributed by atoms with van der Waals surface area (Å²) >= 11 is 7.03. The second kappa shape index (κ2) is 8.01. The Morgan fingerprint density at radius 2 is 2.12 bits per heavy atom. The lowest BCUT2D eigenvalue weighted by molar-refractivity contribution is 0.0531. The summed E-state index contributed by atoms with van der Waals surface area (Å²) in [4.78, 5) is 24.7. The zero-order valence-electron chi connectivity index (χ0n) is 13.8. The molecule has 0 aliphatic carbocycles. The van der Waals surface area contributed by atoms with E-state index in [1.54, 1.807) is 26.0 Å². The molecule has 1 N–H and O–H groups in total. The van der Waals surface area contributed by atoms with Crippen molar-refractivity contribution in [2.75, 3.05) is 19.0 Å². The molecule has 6 nitrogen and oxygen atoms in total. The van der Waals surface area contributed by atoms with Crippen LogP contribution in [0.1, 0.15) is 38.1 Å². The van der Waals surface area contributed by atoms with Crippen molar-refractivity contribution in [1.82, 2.24) is 0 Å². The highest BCUT2D eigenvalue weighted by molar-refractivity contribution is 7.18. The number of hydrogen-bond donors (Lipinski definition) is 1. The van der Waals surface area contributed by atoms with Gasteiger partial charge in [0.25, 0.3) is 5.91 Å². The van der Waals surface area contributed by atoms with Gasteiger partial charge in [-0.1, -0.05) is 11.6 Å². The summed E-state index contributed by atoms with van der Waals surface area (Å²) in [6, 6.07) is 6.61. The molecular weight excluding hydrogens is 364 g/mol. The first-order chi connectivity index (χ1) is 11.9. The average Bonchev–Trinajstić information content (AvgIpc) is 2.90. The van der Waals surface area contributed by atoms with E-state index in [2.05, 4.69) is 5.32 Å². The number of anilines is 1. The number of amides is 1. The molecule has 25 heavy (non-hydrogen) atoms. The van der Waals surface area contributed by atoms with Gasteiger partial charge in [0.2, 0.25) is 0 Å². The zero-order chi connectivity index (χ0) is 18.6. The van der Waals surface area contributed by atoms with Gasteiger partial charge >= 0.3 is 5.97 Å². The first-order valence-corrected chi connectivity index (χ1v) is 8.47. The molecule has 8 heteroatoms. The zero-order valence-corrected chi connectivity index (χ0v) is 15.4. The van der Waals surface area contributed by atoms with Gasteiger partial charge in [-0.25, -0.2) is 4.79 Å². The van der Waals surface area contributed by atoms with Crippen molar-refractivity contribution in [2.45, 2.75) is 13.8 Å². The van der Waals surface area contributed by atoms with E-state index in [-0.39, 0.29) is 12.2 Å². The first-order valence-electron chi connectivity index (χ1n) is 7.28. The van der Waals surface area contributed by atoms with Gasteiger partial charge in [0, 0.05) is 5.56 Å². The number of ether oxygens (including phenoxy) is 2. The van der Waals surface area contributed by atoms with Crippen molar-refractivity contribution >= 4 is 39.8 Å². The molecule has 1 amide bonds. The second-order valence-corrected chi connectivity index (χ2v) is 6.32. The van der Waals surface area contributed by atoms with E-state index in [0.29, 0.717) is 31.8 Å². The molecule has 0 saturated carbocycles. The lowest BCUT2D eigenvalue weighted by Crippen LogP contribution is -2.11. The molecule has 1 aromatic carbocycles. The van der Waals surface area contributed by atoms with Crippen LogP contribution >= 0.6 is 22.9 Å². The largest absolute Gasteiger partial charge is 0.495 e. The van der Waals surface area contributed by atoms with Crippen molar-refractivity contribution in [2.24, 2.45) is 0 Å². The highest BCUT2D eigenvalue weighted by atomic mass is 35.5. The number of rotatable bonds is 5. The van der Waals surface area contributed by atoms with Gasteiger partial charge < -0.3 is 14.8 Å². The van der Waals surface area contributed by atoms with Crippen LogP contribution in [0.15, 0.2) is 18.2 Å². The molecule has 2 aromatic rings. The van der Waals surface area contributed by atoms with Crippen molar-refractivity contribution < 1.29 is 19.1 Å². The standard InChI is InChI=1S/C17H15ClN2O4S/c1-4-24-17(22)14-9(2)11(8-19)16(25-14)20-15(21)10-5-6-13(23-3)12(18)7-10/h5-7H,4H2,1-3H3,(H,20,21). The molecule has 130 valence electrons. The fourth-order valence-electron chi connectivity index (χ4n) is 2.11. The Kier molecular flexibility index (Phi) is 6.02. The lowest BCUT2D eigenvalue weighted by Gasteiger charge is -2.06. The molecule has 0 atom stereocenters. The number of nitrogens with zero attached hydrogens (tertiary/aromatic N) is 1. The maximum Gasteiger partial charge on any atom is 0.348 e. The van der Waals surface area contributed by atoms with E-state index in [9.17, 15) is 14.9 Å². The Morgan fingerprint density at radius 3 is 2.68 bits per heavy atom. The average molecular weight is 379 g/mol. The van der Waals surface area contributed by atoms with E-state index in [1.807, 2.05) is 6.07 Å². The molecule has 0 saturated heterocycles. The smallest absolute Gasteiger partial charge is 0.348 e. The minimum Gasteiger partial charge on any atom is -0.495 e. The van der Waals surface area contributed by atoms with Gasteiger partial charge in [-0.2, -0.15) is 5.26 Å². The topological polar surface area (TPSA) is 88.4 Å². The second-order valence-electron chi connectivity index (χ2n) is 4.90. The Bertz CT molecular complexity index is 870. The first kappa shape index (κ1) is 18.8. The predicted molar refractivity (Wildman–Crippen MR) is 95.7 cm³/mol. The third kappa shape index (κ3) is 3.92. The van der Waals surface area contributed by atoms with Crippen LogP contribution in [0.4, 0.5) is 5.00 Å². The van der Waals surface area contributed by atoms with Crippen LogP contribution in [0, 0.1) is 18.3 Å². The molecule has 0 aliphatic rings. The van der Waals surface area contributed by atoms with Crippen LogP contribution in [0.25, 0.3) is 0 Å². The third-order valence-electron chi connectivity index (χ3n) is 3.36. The molecule has 2 rings (SSSR count). The van der Waals surface area contributed by atoms with Crippen LogP contribution in [0.5, 0.6) is 5.75 Å². The molecule has 0 fully saturated rings. The van der Waals surface area contributed by atoms with E-state index < -0.39 is 11.9 Å². The maximum atomic E-state index is 12.4. The number of nitriles is 1. The maximum absolute atomic E-state index is 12.4. The van der Waals surface area contributed by atoms with E-state index in [0.717, 1.165) is 11.3 Å². The molecule has 1 heterocycles. The summed E-state index contributed by atoms with van der Waals surface area (Å²) < 4.78 is 10.0. The molecule has 0 bridgehead atoms. The minimum absolute atomic E-state index is 0.226. The third-order valence-corrected chi connectivity index (χ3v) is 4.84. The fraction of sp³-hybridized carbons (Fsp3) is 0.235. The number of thiophene rings is 1.